The van der Waals surface area contributed by atoms with Gasteiger partial charge in [0.1, 0.15) is 11.5 Å². The van der Waals surface area contributed by atoms with E-state index in [2.05, 4.69) is 0 Å². The first-order valence-corrected chi connectivity index (χ1v) is 9.42. The zero-order valence-electron chi connectivity index (χ0n) is 16.1. The van der Waals surface area contributed by atoms with E-state index in [4.69, 9.17) is 9.47 Å². The molecule has 0 radical (unpaired) electrons. The van der Waals surface area contributed by atoms with Crippen LogP contribution in [0, 0.1) is 11.8 Å². The van der Waals surface area contributed by atoms with Gasteiger partial charge in [0.05, 0.1) is 20.1 Å². The Balaban J connectivity index is 1.81. The van der Waals surface area contributed by atoms with Crippen molar-refractivity contribution < 1.29 is 23.9 Å². The number of hydrogen-bond acceptors (Lipinski definition) is 5. The number of carbonyl (C=O) groups excluding carboxylic acids is 3. The summed E-state index contributed by atoms with van der Waals surface area (Å²) in [4.78, 5) is 37.8. The lowest BCUT2D eigenvalue weighted by Gasteiger charge is -2.17. The molecule has 0 aromatic heterocycles. The van der Waals surface area contributed by atoms with Crippen LogP contribution in [0.5, 0.6) is 5.75 Å². The maximum absolute atomic E-state index is 13.0. The number of rotatable bonds is 7. The van der Waals surface area contributed by atoms with Gasteiger partial charge in [0, 0.05) is 23.5 Å². The highest BCUT2D eigenvalue weighted by molar-refractivity contribution is 6.10. The number of ketones is 2. The van der Waals surface area contributed by atoms with Gasteiger partial charge in [0.2, 0.25) is 0 Å². The Morgan fingerprint density at radius 1 is 0.929 bits per heavy atom. The van der Waals surface area contributed by atoms with Gasteiger partial charge in [-0.3, -0.25) is 14.4 Å². The maximum atomic E-state index is 13.0. The number of carbonyl (C=O) groups is 3. The highest BCUT2D eigenvalue weighted by Gasteiger charge is 2.38. The summed E-state index contributed by atoms with van der Waals surface area (Å²) in [7, 11) is 2.92. The fraction of sp³-hybridized carbons (Fsp3) is 0.348. The second-order valence-corrected chi connectivity index (χ2v) is 7.02. The van der Waals surface area contributed by atoms with Crippen molar-refractivity contribution in [3.8, 4) is 5.75 Å². The Hall–Kier alpha value is -2.95. The number of ether oxygens (including phenoxy) is 2. The second-order valence-electron chi connectivity index (χ2n) is 7.02. The number of Topliss-reactive ketones (excluding diaryl/α,β-unsaturated/α-hetero) is 1. The van der Waals surface area contributed by atoms with Gasteiger partial charge in [-0.25, -0.2) is 0 Å². The van der Waals surface area contributed by atoms with Crippen molar-refractivity contribution in [1.29, 1.82) is 0 Å². The van der Waals surface area contributed by atoms with E-state index in [1.165, 1.54) is 7.11 Å². The van der Waals surface area contributed by atoms with Crippen LogP contribution in [0.3, 0.4) is 0 Å². The SMILES string of the molecule is COC(=O)C1CCCC1C(=O)Cc1ccccc1C(=O)c1ccc(OC)cc1. The van der Waals surface area contributed by atoms with E-state index in [0.29, 0.717) is 35.3 Å². The average molecular weight is 380 g/mol. The first kappa shape index (κ1) is 19.8. The van der Waals surface area contributed by atoms with Crippen LogP contribution in [0.4, 0.5) is 0 Å². The molecule has 28 heavy (non-hydrogen) atoms. The van der Waals surface area contributed by atoms with Crippen LogP contribution in [0.25, 0.3) is 0 Å². The molecule has 2 atom stereocenters. The summed E-state index contributed by atoms with van der Waals surface area (Å²) in [5.74, 6) is -0.503. The normalized spacial score (nSPS) is 18.5. The number of methoxy groups -OCH3 is 2. The molecule has 0 spiro atoms. The minimum absolute atomic E-state index is 0.0112. The highest BCUT2D eigenvalue weighted by Crippen LogP contribution is 2.34. The summed E-state index contributed by atoms with van der Waals surface area (Å²) < 4.78 is 9.98. The molecule has 5 nitrogen and oxygen atoms in total. The minimum atomic E-state index is -0.373. The molecule has 2 unspecified atom stereocenters. The van der Waals surface area contributed by atoms with Crippen LogP contribution >= 0.6 is 0 Å². The van der Waals surface area contributed by atoms with E-state index >= 15 is 0 Å². The molecule has 1 fully saturated rings. The molecule has 2 aromatic rings. The van der Waals surface area contributed by atoms with Crippen molar-refractivity contribution in [2.75, 3.05) is 14.2 Å². The van der Waals surface area contributed by atoms with Gasteiger partial charge < -0.3 is 9.47 Å². The summed E-state index contributed by atoms with van der Waals surface area (Å²) >= 11 is 0. The molecule has 0 N–H and O–H groups in total. The third-order valence-electron chi connectivity index (χ3n) is 5.41. The van der Waals surface area contributed by atoms with Crippen LogP contribution in [-0.4, -0.2) is 31.8 Å². The molecule has 146 valence electrons. The third kappa shape index (κ3) is 4.14. The topological polar surface area (TPSA) is 69.7 Å². The minimum Gasteiger partial charge on any atom is -0.497 e. The fourth-order valence-corrected chi connectivity index (χ4v) is 3.89. The van der Waals surface area contributed by atoms with Gasteiger partial charge in [0.25, 0.3) is 0 Å². The van der Waals surface area contributed by atoms with Crippen LogP contribution in [0.1, 0.15) is 40.7 Å². The van der Waals surface area contributed by atoms with E-state index in [1.807, 2.05) is 6.07 Å². The smallest absolute Gasteiger partial charge is 0.309 e. The van der Waals surface area contributed by atoms with Crippen molar-refractivity contribution in [2.24, 2.45) is 11.8 Å². The molecule has 1 saturated carbocycles. The molecule has 2 aromatic carbocycles. The molecule has 3 rings (SSSR count). The molecule has 0 saturated heterocycles. The quantitative estimate of drug-likeness (QED) is 0.542. The molecule has 0 heterocycles. The van der Waals surface area contributed by atoms with Crippen molar-refractivity contribution in [2.45, 2.75) is 25.7 Å². The Bertz CT molecular complexity index is 869. The Kier molecular flexibility index (Phi) is 6.24. The van der Waals surface area contributed by atoms with Gasteiger partial charge in [0.15, 0.2) is 5.78 Å². The molecular weight excluding hydrogens is 356 g/mol. The summed E-state index contributed by atoms with van der Waals surface area (Å²) in [5.41, 5.74) is 1.73. The standard InChI is InChI=1S/C23H24O5/c1-27-17-12-10-15(11-13-17)22(25)18-7-4-3-6-16(18)14-21(24)19-8-5-9-20(19)23(26)28-2/h3-4,6-7,10-13,19-20H,5,8-9,14H2,1-2H3. The van der Waals surface area contributed by atoms with Gasteiger partial charge in [-0.2, -0.15) is 0 Å². The monoisotopic (exact) mass is 380 g/mol. The third-order valence-corrected chi connectivity index (χ3v) is 5.41. The summed E-state index contributed by atoms with van der Waals surface area (Å²) in [6.45, 7) is 0. The van der Waals surface area contributed by atoms with Gasteiger partial charge in [-0.1, -0.05) is 30.7 Å². The number of esters is 1. The van der Waals surface area contributed by atoms with E-state index in [1.54, 1.807) is 49.6 Å². The van der Waals surface area contributed by atoms with E-state index < -0.39 is 0 Å². The largest absolute Gasteiger partial charge is 0.497 e. The lowest BCUT2D eigenvalue weighted by Crippen LogP contribution is -2.28. The van der Waals surface area contributed by atoms with Gasteiger partial charge >= 0.3 is 5.97 Å². The molecule has 1 aliphatic carbocycles. The second kappa shape index (κ2) is 8.83. The van der Waals surface area contributed by atoms with Crippen molar-refractivity contribution in [3.05, 3.63) is 65.2 Å². The molecule has 1 aliphatic rings. The van der Waals surface area contributed by atoms with Crippen LogP contribution < -0.4 is 4.74 Å². The maximum Gasteiger partial charge on any atom is 0.309 e. The van der Waals surface area contributed by atoms with Crippen LogP contribution in [0.15, 0.2) is 48.5 Å². The molecule has 5 heteroatoms. The van der Waals surface area contributed by atoms with Crippen molar-refractivity contribution in [1.82, 2.24) is 0 Å². The molecular formula is C23H24O5. The van der Waals surface area contributed by atoms with Crippen LogP contribution in [0.2, 0.25) is 0 Å². The van der Waals surface area contributed by atoms with Crippen LogP contribution in [-0.2, 0) is 20.7 Å². The van der Waals surface area contributed by atoms with E-state index in [0.717, 1.165) is 6.42 Å². The highest BCUT2D eigenvalue weighted by atomic mass is 16.5. The predicted octanol–water partition coefficient (Wildman–Crippen LogP) is 3.63. The van der Waals surface area contributed by atoms with Gasteiger partial charge in [-0.05, 0) is 42.7 Å². The summed E-state index contributed by atoms with van der Waals surface area (Å²) in [6.07, 6.45) is 2.33. The summed E-state index contributed by atoms with van der Waals surface area (Å²) in [6, 6.07) is 14.0. The van der Waals surface area contributed by atoms with E-state index in [-0.39, 0.29) is 35.8 Å². The van der Waals surface area contributed by atoms with E-state index in [9.17, 15) is 14.4 Å². The molecule has 0 aliphatic heterocycles. The Morgan fingerprint density at radius 3 is 2.29 bits per heavy atom. The van der Waals surface area contributed by atoms with Crippen molar-refractivity contribution >= 4 is 17.5 Å². The fourth-order valence-electron chi connectivity index (χ4n) is 3.89. The zero-order valence-corrected chi connectivity index (χ0v) is 16.1. The Labute approximate surface area is 164 Å². The zero-order chi connectivity index (χ0) is 20.1. The first-order valence-electron chi connectivity index (χ1n) is 9.42. The number of benzene rings is 2. The average Bonchev–Trinajstić information content (AvgIpc) is 3.23. The predicted molar refractivity (Wildman–Crippen MR) is 104 cm³/mol. The lowest BCUT2D eigenvalue weighted by atomic mass is 9.87. The van der Waals surface area contributed by atoms with Crippen molar-refractivity contribution in [3.63, 3.8) is 0 Å². The Morgan fingerprint density at radius 2 is 1.61 bits per heavy atom. The molecule has 0 amide bonds. The summed E-state index contributed by atoms with van der Waals surface area (Å²) in [5, 5.41) is 0. The number of hydrogen-bond donors (Lipinski definition) is 0. The first-order chi connectivity index (χ1) is 13.5. The lowest BCUT2D eigenvalue weighted by molar-refractivity contribution is -0.148. The van der Waals surface area contributed by atoms with Gasteiger partial charge in [-0.15, -0.1) is 0 Å². The molecule has 0 bridgehead atoms.